The Bertz CT molecular complexity index is 1490. The van der Waals surface area contributed by atoms with Gasteiger partial charge in [-0.2, -0.15) is 0 Å². The van der Waals surface area contributed by atoms with E-state index in [1.54, 1.807) is 49.4 Å². The van der Waals surface area contributed by atoms with Gasteiger partial charge in [-0.05, 0) is 86.7 Å². The second-order valence-corrected chi connectivity index (χ2v) is 13.4. The second kappa shape index (κ2) is 13.7. The quantitative estimate of drug-likeness (QED) is 0.273. The molecule has 10 heteroatoms. The van der Waals surface area contributed by atoms with Crippen LogP contribution in [0.5, 0.6) is 0 Å². The van der Waals surface area contributed by atoms with Crippen LogP contribution < -0.4 is 9.62 Å². The van der Waals surface area contributed by atoms with Crippen LogP contribution in [0.2, 0.25) is 10.0 Å². The lowest BCUT2D eigenvalue weighted by molar-refractivity contribution is -0.139. The molecule has 2 amide bonds. The summed E-state index contributed by atoms with van der Waals surface area (Å²) in [4.78, 5) is 28.6. The highest BCUT2D eigenvalue weighted by Gasteiger charge is 2.33. The van der Waals surface area contributed by atoms with Crippen LogP contribution in [0, 0.1) is 26.7 Å². The summed E-state index contributed by atoms with van der Waals surface area (Å²) in [5, 5.41) is 3.64. The molecule has 0 aliphatic rings. The van der Waals surface area contributed by atoms with Crippen molar-refractivity contribution in [1.82, 2.24) is 10.2 Å². The first-order valence-electron chi connectivity index (χ1n) is 13.4. The fraction of sp³-hybridized carbons (Fsp3) is 0.355. The van der Waals surface area contributed by atoms with Gasteiger partial charge in [-0.15, -0.1) is 0 Å². The van der Waals surface area contributed by atoms with Gasteiger partial charge >= 0.3 is 0 Å². The van der Waals surface area contributed by atoms with E-state index in [0.717, 1.165) is 21.0 Å². The standard InChI is InChI=1S/C31H37Cl2N3O4S/c1-20(2)17-34-31(38)24(6)35(18-25-9-10-26(32)16-29(25)33)30(37)19-36(27-14-22(4)13-23(5)15-27)41(39,40)28-11-7-21(3)8-12-28/h7-16,20,24H,17-19H2,1-6H3,(H,34,38)/t24-/m0/s1. The van der Waals surface area contributed by atoms with E-state index in [1.165, 1.54) is 17.0 Å². The van der Waals surface area contributed by atoms with Crippen LogP contribution in [-0.2, 0) is 26.2 Å². The molecule has 0 radical (unpaired) electrons. The zero-order chi connectivity index (χ0) is 30.5. The maximum atomic E-state index is 14.1. The minimum Gasteiger partial charge on any atom is -0.354 e. The molecule has 0 aromatic heterocycles. The number of hydrogen-bond acceptors (Lipinski definition) is 4. The van der Waals surface area contributed by atoms with Gasteiger partial charge < -0.3 is 10.2 Å². The van der Waals surface area contributed by atoms with Crippen LogP contribution in [-0.4, -0.2) is 44.3 Å². The summed E-state index contributed by atoms with van der Waals surface area (Å²) >= 11 is 12.5. The summed E-state index contributed by atoms with van der Waals surface area (Å²) < 4.78 is 29.1. The first-order chi connectivity index (χ1) is 19.2. The molecule has 3 aromatic carbocycles. The molecule has 0 fully saturated rings. The zero-order valence-electron chi connectivity index (χ0n) is 24.2. The zero-order valence-corrected chi connectivity index (χ0v) is 26.6. The minimum absolute atomic E-state index is 0.0175. The van der Waals surface area contributed by atoms with E-state index in [2.05, 4.69) is 5.32 Å². The number of nitrogens with zero attached hydrogens (tertiary/aromatic N) is 2. The Morgan fingerprint density at radius 1 is 0.854 bits per heavy atom. The largest absolute Gasteiger partial charge is 0.354 e. The Morgan fingerprint density at radius 2 is 1.46 bits per heavy atom. The van der Waals surface area contributed by atoms with Crippen molar-refractivity contribution in [1.29, 1.82) is 0 Å². The van der Waals surface area contributed by atoms with E-state index in [4.69, 9.17) is 23.2 Å². The number of aryl methyl sites for hydroxylation is 3. The van der Waals surface area contributed by atoms with Crippen LogP contribution in [0.15, 0.2) is 65.6 Å². The van der Waals surface area contributed by atoms with Gasteiger partial charge in [-0.3, -0.25) is 13.9 Å². The third-order valence-electron chi connectivity index (χ3n) is 6.59. The predicted molar refractivity (Wildman–Crippen MR) is 166 cm³/mol. The van der Waals surface area contributed by atoms with Crippen molar-refractivity contribution in [3.05, 3.63) is 93.0 Å². The fourth-order valence-electron chi connectivity index (χ4n) is 4.33. The molecule has 1 N–H and O–H groups in total. The van der Waals surface area contributed by atoms with Crippen LogP contribution in [0.3, 0.4) is 0 Å². The number of carbonyl (C=O) groups excluding carboxylic acids is 2. The number of rotatable bonds is 11. The van der Waals surface area contributed by atoms with Gasteiger partial charge in [-0.25, -0.2) is 8.42 Å². The Morgan fingerprint density at radius 3 is 2.02 bits per heavy atom. The van der Waals surface area contributed by atoms with Crippen LogP contribution in [0.25, 0.3) is 0 Å². The van der Waals surface area contributed by atoms with Gasteiger partial charge in [0.05, 0.1) is 10.6 Å². The molecular formula is C31H37Cl2N3O4S. The molecule has 0 unspecified atom stereocenters. The van der Waals surface area contributed by atoms with Crippen molar-refractivity contribution in [2.24, 2.45) is 5.92 Å². The maximum absolute atomic E-state index is 14.1. The summed E-state index contributed by atoms with van der Waals surface area (Å²) in [5.74, 6) is -0.699. The Kier molecular flexibility index (Phi) is 10.9. The highest BCUT2D eigenvalue weighted by atomic mass is 35.5. The Balaban J connectivity index is 2.07. The molecule has 0 saturated carbocycles. The number of hydrogen-bond donors (Lipinski definition) is 1. The van der Waals surface area contributed by atoms with E-state index >= 15 is 0 Å². The SMILES string of the molecule is Cc1ccc(S(=O)(=O)N(CC(=O)N(Cc2ccc(Cl)cc2Cl)[C@@H](C)C(=O)NCC(C)C)c2cc(C)cc(C)c2)cc1. The smallest absolute Gasteiger partial charge is 0.264 e. The molecular weight excluding hydrogens is 581 g/mol. The number of halogens is 2. The fourth-order valence-corrected chi connectivity index (χ4v) is 6.20. The molecule has 3 aromatic rings. The number of anilines is 1. The third kappa shape index (κ3) is 8.47. The van der Waals surface area contributed by atoms with E-state index in [0.29, 0.717) is 27.8 Å². The topological polar surface area (TPSA) is 86.8 Å². The predicted octanol–water partition coefficient (Wildman–Crippen LogP) is 6.30. The minimum atomic E-state index is -4.15. The number of sulfonamides is 1. The molecule has 7 nitrogen and oxygen atoms in total. The van der Waals surface area contributed by atoms with Gasteiger partial charge in [-0.1, -0.05) is 66.9 Å². The van der Waals surface area contributed by atoms with Crippen molar-refractivity contribution in [3.8, 4) is 0 Å². The molecule has 0 bridgehead atoms. The lowest BCUT2D eigenvalue weighted by Crippen LogP contribution is -2.51. The van der Waals surface area contributed by atoms with Crippen LogP contribution in [0.1, 0.15) is 43.0 Å². The van der Waals surface area contributed by atoms with Crippen molar-refractivity contribution < 1.29 is 18.0 Å². The molecule has 0 heterocycles. The lowest BCUT2D eigenvalue weighted by atomic mass is 10.1. The second-order valence-electron chi connectivity index (χ2n) is 10.7. The average Bonchev–Trinajstić information content (AvgIpc) is 2.89. The number of carbonyl (C=O) groups is 2. The van der Waals surface area contributed by atoms with Crippen molar-refractivity contribution in [2.45, 2.75) is 59.0 Å². The van der Waals surface area contributed by atoms with Crippen LogP contribution >= 0.6 is 23.2 Å². The third-order valence-corrected chi connectivity index (χ3v) is 8.96. The van der Waals surface area contributed by atoms with E-state index in [9.17, 15) is 18.0 Å². The number of nitrogens with one attached hydrogen (secondary N) is 1. The van der Waals surface area contributed by atoms with Crippen molar-refractivity contribution in [2.75, 3.05) is 17.4 Å². The average molecular weight is 619 g/mol. The normalized spacial score (nSPS) is 12.2. The summed E-state index contributed by atoms with van der Waals surface area (Å²) in [5.41, 5.74) is 3.54. The maximum Gasteiger partial charge on any atom is 0.264 e. The Labute approximate surface area is 253 Å². The summed E-state index contributed by atoms with van der Waals surface area (Å²) in [6.07, 6.45) is 0. The van der Waals surface area contributed by atoms with Crippen molar-refractivity contribution >= 4 is 50.7 Å². The van der Waals surface area contributed by atoms with Gasteiger partial charge in [0.25, 0.3) is 10.0 Å². The molecule has 41 heavy (non-hydrogen) atoms. The van der Waals surface area contributed by atoms with E-state index in [-0.39, 0.29) is 23.3 Å². The first kappa shape index (κ1) is 32.4. The Hall–Kier alpha value is -3.07. The molecule has 0 saturated heterocycles. The lowest BCUT2D eigenvalue weighted by Gasteiger charge is -2.32. The molecule has 0 aliphatic carbocycles. The van der Waals surface area contributed by atoms with Gasteiger partial charge in [0.15, 0.2) is 0 Å². The highest BCUT2D eigenvalue weighted by molar-refractivity contribution is 7.92. The van der Waals surface area contributed by atoms with Crippen LogP contribution in [0.4, 0.5) is 5.69 Å². The van der Waals surface area contributed by atoms with E-state index < -0.39 is 28.5 Å². The molecule has 0 spiro atoms. The number of amides is 2. The number of benzene rings is 3. The van der Waals surface area contributed by atoms with Gasteiger partial charge in [0.1, 0.15) is 12.6 Å². The van der Waals surface area contributed by atoms with Gasteiger partial charge in [0.2, 0.25) is 11.8 Å². The van der Waals surface area contributed by atoms with Crippen molar-refractivity contribution in [3.63, 3.8) is 0 Å². The molecule has 220 valence electrons. The molecule has 0 aliphatic heterocycles. The summed E-state index contributed by atoms with van der Waals surface area (Å²) in [7, 11) is -4.15. The molecule has 1 atom stereocenters. The van der Waals surface area contributed by atoms with E-state index in [1.807, 2.05) is 40.7 Å². The highest BCUT2D eigenvalue weighted by Crippen LogP contribution is 2.28. The van der Waals surface area contributed by atoms with Gasteiger partial charge in [0, 0.05) is 23.1 Å². The monoisotopic (exact) mass is 617 g/mol. The first-order valence-corrected chi connectivity index (χ1v) is 15.6. The summed E-state index contributed by atoms with van der Waals surface area (Å²) in [6.45, 7) is 11.1. The molecule has 3 rings (SSSR count). The summed E-state index contributed by atoms with van der Waals surface area (Å²) in [6, 6.07) is 15.9.